The van der Waals surface area contributed by atoms with Crippen LogP contribution in [0.25, 0.3) is 11.3 Å². The zero-order chi connectivity index (χ0) is 14.7. The Morgan fingerprint density at radius 1 is 1.35 bits per heavy atom. The van der Waals surface area contributed by atoms with Crippen LogP contribution < -0.4 is 4.74 Å². The number of hydrogen-bond donors (Lipinski definition) is 0. The molecule has 0 saturated heterocycles. The van der Waals surface area contributed by atoms with Crippen LogP contribution in [-0.2, 0) is 6.42 Å². The van der Waals surface area contributed by atoms with E-state index in [0.29, 0.717) is 10.4 Å². The number of aromatic nitrogens is 1. The van der Waals surface area contributed by atoms with Crippen LogP contribution in [0.4, 0.5) is 0 Å². The van der Waals surface area contributed by atoms with Crippen LogP contribution in [0.2, 0.25) is 4.47 Å². The van der Waals surface area contributed by atoms with Gasteiger partial charge in [0, 0.05) is 10.4 Å². The van der Waals surface area contributed by atoms with Crippen molar-refractivity contribution in [3.63, 3.8) is 0 Å². The number of hydrogen-bond acceptors (Lipinski definition) is 3. The highest BCUT2D eigenvalue weighted by Crippen LogP contribution is 2.34. The highest BCUT2D eigenvalue weighted by Gasteiger charge is 2.14. The zero-order valence-corrected chi connectivity index (χ0v) is 13.9. The summed E-state index contributed by atoms with van der Waals surface area (Å²) < 4.78 is 6.00. The van der Waals surface area contributed by atoms with E-state index >= 15 is 0 Å². The Balaban J connectivity index is 2.36. The van der Waals surface area contributed by atoms with E-state index in [0.717, 1.165) is 35.4 Å². The summed E-state index contributed by atoms with van der Waals surface area (Å²) in [5.74, 6) is 1.57. The van der Waals surface area contributed by atoms with Gasteiger partial charge < -0.3 is 4.74 Å². The molecule has 0 spiro atoms. The summed E-state index contributed by atoms with van der Waals surface area (Å²) in [5, 5.41) is 0. The van der Waals surface area contributed by atoms with E-state index in [1.54, 1.807) is 18.4 Å². The Labute approximate surface area is 129 Å². The predicted molar refractivity (Wildman–Crippen MR) is 87.0 cm³/mol. The van der Waals surface area contributed by atoms with Gasteiger partial charge in [-0.3, -0.25) is 0 Å². The van der Waals surface area contributed by atoms with Crippen LogP contribution in [0.5, 0.6) is 5.75 Å². The van der Waals surface area contributed by atoms with Crippen molar-refractivity contribution < 1.29 is 4.74 Å². The standard InChI is InChI=1S/C16H20ClNOS/c1-10(2)5-8-14-15(18-16(17)20-14)12-7-6-11(3)13(9-12)19-4/h6-7,9-10H,5,8H2,1-4H3. The summed E-state index contributed by atoms with van der Waals surface area (Å²) in [7, 11) is 1.69. The minimum Gasteiger partial charge on any atom is -0.496 e. The topological polar surface area (TPSA) is 22.1 Å². The maximum absolute atomic E-state index is 6.11. The molecule has 0 fully saturated rings. The van der Waals surface area contributed by atoms with Gasteiger partial charge in [-0.25, -0.2) is 4.98 Å². The number of nitrogens with zero attached hydrogens (tertiary/aromatic N) is 1. The lowest BCUT2D eigenvalue weighted by molar-refractivity contribution is 0.412. The van der Waals surface area contributed by atoms with Gasteiger partial charge in [-0.2, -0.15) is 0 Å². The smallest absolute Gasteiger partial charge is 0.184 e. The van der Waals surface area contributed by atoms with Crippen LogP contribution in [-0.4, -0.2) is 12.1 Å². The molecule has 0 saturated carbocycles. The van der Waals surface area contributed by atoms with E-state index in [-0.39, 0.29) is 0 Å². The Kier molecular flexibility index (Phi) is 5.06. The summed E-state index contributed by atoms with van der Waals surface area (Å²) in [4.78, 5) is 5.75. The monoisotopic (exact) mass is 309 g/mol. The lowest BCUT2D eigenvalue weighted by Gasteiger charge is -2.08. The maximum atomic E-state index is 6.11. The van der Waals surface area contributed by atoms with Crippen molar-refractivity contribution in [1.82, 2.24) is 4.98 Å². The Morgan fingerprint density at radius 2 is 2.10 bits per heavy atom. The first-order valence-corrected chi connectivity index (χ1v) is 8.01. The quantitative estimate of drug-likeness (QED) is 0.741. The molecule has 1 heterocycles. The van der Waals surface area contributed by atoms with Crippen molar-refractivity contribution >= 4 is 22.9 Å². The zero-order valence-electron chi connectivity index (χ0n) is 12.4. The number of methoxy groups -OCH3 is 1. The normalized spacial score (nSPS) is 11.1. The molecule has 4 heteroatoms. The van der Waals surface area contributed by atoms with E-state index in [9.17, 15) is 0 Å². The van der Waals surface area contributed by atoms with Crippen LogP contribution >= 0.6 is 22.9 Å². The molecule has 0 aliphatic rings. The fourth-order valence-electron chi connectivity index (χ4n) is 2.11. The van der Waals surface area contributed by atoms with Crippen molar-refractivity contribution in [1.29, 1.82) is 0 Å². The molecule has 2 nitrogen and oxygen atoms in total. The molecule has 0 unspecified atom stereocenters. The fraction of sp³-hybridized carbons (Fsp3) is 0.438. The van der Waals surface area contributed by atoms with Crippen LogP contribution in [0.15, 0.2) is 18.2 Å². The Morgan fingerprint density at radius 3 is 2.75 bits per heavy atom. The molecule has 0 radical (unpaired) electrons. The van der Waals surface area contributed by atoms with E-state index in [1.807, 2.05) is 13.0 Å². The molecule has 2 rings (SSSR count). The highest BCUT2D eigenvalue weighted by molar-refractivity contribution is 7.16. The van der Waals surface area contributed by atoms with Gasteiger partial charge >= 0.3 is 0 Å². The molecule has 108 valence electrons. The summed E-state index contributed by atoms with van der Waals surface area (Å²) in [6.45, 7) is 6.50. The van der Waals surface area contributed by atoms with Crippen LogP contribution in [0.1, 0.15) is 30.7 Å². The van der Waals surface area contributed by atoms with Crippen molar-refractivity contribution in [2.45, 2.75) is 33.6 Å². The summed E-state index contributed by atoms with van der Waals surface area (Å²) in [5.41, 5.74) is 3.20. The maximum Gasteiger partial charge on any atom is 0.184 e. The Hall–Kier alpha value is -1.06. The second kappa shape index (κ2) is 6.59. The number of ether oxygens (including phenoxy) is 1. The number of thiazole rings is 1. The largest absolute Gasteiger partial charge is 0.496 e. The van der Waals surface area contributed by atoms with Gasteiger partial charge in [-0.05, 0) is 37.3 Å². The molecule has 0 aliphatic carbocycles. The van der Waals surface area contributed by atoms with Gasteiger partial charge in [-0.1, -0.05) is 37.6 Å². The molecule has 0 N–H and O–H groups in total. The third kappa shape index (κ3) is 3.53. The van der Waals surface area contributed by atoms with Crippen LogP contribution in [0.3, 0.4) is 0 Å². The summed E-state index contributed by atoms with van der Waals surface area (Å²) in [6, 6.07) is 6.19. The molecule has 2 aromatic rings. The molecule has 1 aromatic heterocycles. The average Bonchev–Trinajstić information content (AvgIpc) is 2.78. The third-order valence-electron chi connectivity index (χ3n) is 3.30. The van der Waals surface area contributed by atoms with Crippen molar-refractivity contribution in [2.75, 3.05) is 7.11 Å². The molecule has 0 atom stereocenters. The fourth-order valence-corrected chi connectivity index (χ4v) is 3.29. The third-order valence-corrected chi connectivity index (χ3v) is 4.52. The predicted octanol–water partition coefficient (Wildman–Crippen LogP) is 5.37. The molecule has 0 bridgehead atoms. The summed E-state index contributed by atoms with van der Waals surface area (Å²) >= 11 is 7.69. The van der Waals surface area contributed by atoms with Crippen molar-refractivity contribution in [3.8, 4) is 17.0 Å². The van der Waals surface area contributed by atoms with Gasteiger partial charge in [0.2, 0.25) is 0 Å². The first kappa shape index (κ1) is 15.3. The number of rotatable bonds is 5. The summed E-state index contributed by atoms with van der Waals surface area (Å²) in [6.07, 6.45) is 2.17. The van der Waals surface area contributed by atoms with E-state index in [1.165, 1.54) is 4.88 Å². The number of aryl methyl sites for hydroxylation is 2. The van der Waals surface area contributed by atoms with Crippen molar-refractivity contribution in [3.05, 3.63) is 33.1 Å². The first-order valence-electron chi connectivity index (χ1n) is 6.81. The molecule has 0 amide bonds. The molecule has 0 aliphatic heterocycles. The van der Waals surface area contributed by atoms with Crippen molar-refractivity contribution in [2.24, 2.45) is 5.92 Å². The van der Waals surface area contributed by atoms with Gasteiger partial charge in [-0.15, -0.1) is 11.3 Å². The van der Waals surface area contributed by atoms with Gasteiger partial charge in [0.25, 0.3) is 0 Å². The highest BCUT2D eigenvalue weighted by atomic mass is 35.5. The number of halogens is 1. The molecule has 1 aromatic carbocycles. The lowest BCUT2D eigenvalue weighted by Crippen LogP contribution is -1.93. The van der Waals surface area contributed by atoms with Gasteiger partial charge in [0.15, 0.2) is 4.47 Å². The van der Waals surface area contributed by atoms with E-state index in [4.69, 9.17) is 16.3 Å². The second-order valence-electron chi connectivity index (χ2n) is 5.36. The molecule has 20 heavy (non-hydrogen) atoms. The minimum atomic E-state index is 0.610. The Bertz CT molecular complexity index is 592. The van der Waals surface area contributed by atoms with E-state index < -0.39 is 0 Å². The van der Waals surface area contributed by atoms with Gasteiger partial charge in [0.05, 0.1) is 12.8 Å². The van der Waals surface area contributed by atoms with Gasteiger partial charge in [0.1, 0.15) is 5.75 Å². The van der Waals surface area contributed by atoms with Crippen LogP contribution in [0, 0.1) is 12.8 Å². The second-order valence-corrected chi connectivity index (χ2v) is 7.02. The molecular formula is C16H20ClNOS. The molecular weight excluding hydrogens is 290 g/mol. The van der Waals surface area contributed by atoms with E-state index in [2.05, 4.69) is 31.0 Å². The number of benzene rings is 1. The average molecular weight is 310 g/mol. The first-order chi connectivity index (χ1) is 9.51. The lowest BCUT2D eigenvalue weighted by atomic mass is 10.0. The SMILES string of the molecule is COc1cc(-c2nc(Cl)sc2CCC(C)C)ccc1C. The minimum absolute atomic E-state index is 0.610.